The van der Waals surface area contributed by atoms with E-state index in [0.29, 0.717) is 5.75 Å². The second kappa shape index (κ2) is 5.61. The van der Waals surface area contributed by atoms with Crippen molar-refractivity contribution in [2.45, 2.75) is 19.5 Å². The summed E-state index contributed by atoms with van der Waals surface area (Å²) in [4.78, 5) is 8.39. The summed E-state index contributed by atoms with van der Waals surface area (Å²) in [6, 6.07) is 1.65. The SMILES string of the molecule is CCn1ccnc1C(NN)c1ccncc1OC. The number of aromatic nitrogens is 3. The number of pyridine rings is 1. The van der Waals surface area contributed by atoms with Crippen LogP contribution in [0.25, 0.3) is 0 Å². The number of hydrazine groups is 1. The molecule has 0 fully saturated rings. The van der Waals surface area contributed by atoms with Crippen LogP contribution in [0.3, 0.4) is 0 Å². The maximum Gasteiger partial charge on any atom is 0.142 e. The lowest BCUT2D eigenvalue weighted by molar-refractivity contribution is 0.400. The van der Waals surface area contributed by atoms with Gasteiger partial charge in [-0.2, -0.15) is 0 Å². The minimum Gasteiger partial charge on any atom is -0.495 e. The van der Waals surface area contributed by atoms with Crippen LogP contribution >= 0.6 is 0 Å². The van der Waals surface area contributed by atoms with Crippen molar-refractivity contribution in [3.8, 4) is 5.75 Å². The Morgan fingerprint density at radius 3 is 3.00 bits per heavy atom. The average Bonchev–Trinajstić information content (AvgIpc) is 2.88. The fourth-order valence-corrected chi connectivity index (χ4v) is 1.95. The first-order chi connectivity index (χ1) is 8.81. The molecule has 2 aromatic heterocycles. The smallest absolute Gasteiger partial charge is 0.142 e. The molecule has 0 aliphatic carbocycles. The number of nitrogens with two attached hydrogens (primary N) is 1. The molecule has 18 heavy (non-hydrogen) atoms. The number of imidazole rings is 1. The quantitative estimate of drug-likeness (QED) is 0.605. The zero-order chi connectivity index (χ0) is 13.0. The molecule has 1 atom stereocenters. The standard InChI is InChI=1S/C12H17N5O/c1-3-17-7-6-15-12(17)11(16-13)9-4-5-14-8-10(9)18-2/h4-8,11,16H,3,13H2,1-2H3. The van der Waals surface area contributed by atoms with E-state index < -0.39 is 0 Å². The first kappa shape index (κ1) is 12.5. The van der Waals surface area contributed by atoms with E-state index in [0.717, 1.165) is 17.9 Å². The molecule has 1 unspecified atom stereocenters. The molecule has 6 heteroatoms. The summed E-state index contributed by atoms with van der Waals surface area (Å²) < 4.78 is 7.34. The molecule has 0 spiro atoms. The predicted octanol–water partition coefficient (Wildman–Crippen LogP) is 0.859. The molecule has 0 radical (unpaired) electrons. The highest BCUT2D eigenvalue weighted by molar-refractivity contribution is 5.36. The van der Waals surface area contributed by atoms with Crippen LogP contribution in [0.2, 0.25) is 0 Å². The Morgan fingerprint density at radius 2 is 2.33 bits per heavy atom. The van der Waals surface area contributed by atoms with E-state index in [4.69, 9.17) is 10.6 Å². The third kappa shape index (κ3) is 2.20. The molecule has 0 aliphatic heterocycles. The van der Waals surface area contributed by atoms with E-state index in [1.54, 1.807) is 25.7 Å². The topological polar surface area (TPSA) is 78.0 Å². The monoisotopic (exact) mass is 247 g/mol. The summed E-state index contributed by atoms with van der Waals surface area (Å²) in [6.07, 6.45) is 7.06. The lowest BCUT2D eigenvalue weighted by Crippen LogP contribution is -2.31. The van der Waals surface area contributed by atoms with E-state index in [-0.39, 0.29) is 6.04 Å². The molecule has 2 heterocycles. The van der Waals surface area contributed by atoms with Crippen molar-refractivity contribution < 1.29 is 4.74 Å². The Hall–Kier alpha value is -1.92. The number of methoxy groups -OCH3 is 1. The van der Waals surface area contributed by atoms with Gasteiger partial charge in [0.2, 0.25) is 0 Å². The fraction of sp³-hybridized carbons (Fsp3) is 0.333. The number of hydrogen-bond acceptors (Lipinski definition) is 5. The Kier molecular flexibility index (Phi) is 3.91. The molecule has 0 saturated heterocycles. The summed E-state index contributed by atoms with van der Waals surface area (Å²) in [6.45, 7) is 2.89. The number of nitrogens with one attached hydrogen (secondary N) is 1. The zero-order valence-corrected chi connectivity index (χ0v) is 10.5. The molecule has 0 aliphatic rings. The molecule has 3 N–H and O–H groups in total. The van der Waals surface area contributed by atoms with Crippen molar-refractivity contribution >= 4 is 0 Å². The van der Waals surface area contributed by atoms with Crippen LogP contribution < -0.4 is 16.0 Å². The second-order valence-electron chi connectivity index (χ2n) is 3.79. The van der Waals surface area contributed by atoms with Gasteiger partial charge < -0.3 is 9.30 Å². The van der Waals surface area contributed by atoms with Gasteiger partial charge in [0.15, 0.2) is 0 Å². The molecular formula is C12H17N5O. The van der Waals surface area contributed by atoms with Gasteiger partial charge >= 0.3 is 0 Å². The number of aryl methyl sites for hydroxylation is 1. The van der Waals surface area contributed by atoms with E-state index in [1.807, 2.05) is 16.8 Å². The molecular weight excluding hydrogens is 230 g/mol. The minimum atomic E-state index is -0.224. The number of hydrogen-bond donors (Lipinski definition) is 2. The second-order valence-corrected chi connectivity index (χ2v) is 3.79. The number of ether oxygens (including phenoxy) is 1. The highest BCUT2D eigenvalue weighted by atomic mass is 16.5. The molecule has 6 nitrogen and oxygen atoms in total. The zero-order valence-electron chi connectivity index (χ0n) is 10.5. The summed E-state index contributed by atoms with van der Waals surface area (Å²) in [5.41, 5.74) is 3.69. The molecule has 0 saturated carbocycles. The average molecular weight is 247 g/mol. The van der Waals surface area contributed by atoms with Crippen LogP contribution in [-0.4, -0.2) is 21.6 Å². The Bertz CT molecular complexity index is 511. The van der Waals surface area contributed by atoms with Gasteiger partial charge in [-0.05, 0) is 13.0 Å². The van der Waals surface area contributed by atoms with E-state index in [1.165, 1.54) is 0 Å². The highest BCUT2D eigenvalue weighted by Crippen LogP contribution is 2.27. The van der Waals surface area contributed by atoms with Crippen LogP contribution in [0.5, 0.6) is 5.75 Å². The predicted molar refractivity (Wildman–Crippen MR) is 67.9 cm³/mol. The van der Waals surface area contributed by atoms with Gasteiger partial charge in [0.1, 0.15) is 17.6 Å². The first-order valence-corrected chi connectivity index (χ1v) is 5.76. The van der Waals surface area contributed by atoms with Gasteiger partial charge in [-0.15, -0.1) is 0 Å². The van der Waals surface area contributed by atoms with Crippen LogP contribution in [-0.2, 0) is 6.54 Å². The largest absolute Gasteiger partial charge is 0.495 e. The number of rotatable bonds is 5. The summed E-state index contributed by atoms with van der Waals surface area (Å²) in [7, 11) is 1.61. The van der Waals surface area contributed by atoms with E-state index >= 15 is 0 Å². The van der Waals surface area contributed by atoms with E-state index in [2.05, 4.69) is 22.3 Å². The van der Waals surface area contributed by atoms with Crippen molar-refractivity contribution in [2.24, 2.45) is 5.84 Å². The molecule has 2 aromatic rings. The maximum absolute atomic E-state index is 5.66. The third-order valence-corrected chi connectivity index (χ3v) is 2.86. The molecule has 0 bridgehead atoms. The summed E-state index contributed by atoms with van der Waals surface area (Å²) in [5.74, 6) is 7.20. The van der Waals surface area contributed by atoms with Crippen molar-refractivity contribution in [1.82, 2.24) is 20.0 Å². The Labute approximate surface area is 106 Å². The van der Waals surface area contributed by atoms with Gasteiger partial charge in [0.05, 0.1) is 13.3 Å². The maximum atomic E-state index is 5.66. The van der Waals surface area contributed by atoms with Crippen LogP contribution in [0, 0.1) is 0 Å². The third-order valence-electron chi connectivity index (χ3n) is 2.86. The molecule has 2 rings (SSSR count). The lowest BCUT2D eigenvalue weighted by Gasteiger charge is -2.19. The van der Waals surface area contributed by atoms with Gasteiger partial charge in [-0.3, -0.25) is 10.8 Å². The summed E-state index contributed by atoms with van der Waals surface area (Å²) >= 11 is 0. The van der Waals surface area contributed by atoms with E-state index in [9.17, 15) is 0 Å². The van der Waals surface area contributed by atoms with Crippen LogP contribution in [0.15, 0.2) is 30.9 Å². The first-order valence-electron chi connectivity index (χ1n) is 5.76. The number of nitrogens with zero attached hydrogens (tertiary/aromatic N) is 3. The fourth-order valence-electron chi connectivity index (χ4n) is 1.95. The van der Waals surface area contributed by atoms with Crippen molar-refractivity contribution in [3.05, 3.63) is 42.2 Å². The van der Waals surface area contributed by atoms with Crippen molar-refractivity contribution in [3.63, 3.8) is 0 Å². The van der Waals surface area contributed by atoms with Gasteiger partial charge in [0, 0.05) is 30.7 Å². The lowest BCUT2D eigenvalue weighted by atomic mass is 10.1. The molecule has 96 valence electrons. The summed E-state index contributed by atoms with van der Waals surface area (Å²) in [5, 5.41) is 0. The molecule has 0 aromatic carbocycles. The van der Waals surface area contributed by atoms with Crippen LogP contribution in [0.1, 0.15) is 24.4 Å². The molecule has 0 amide bonds. The van der Waals surface area contributed by atoms with Crippen molar-refractivity contribution in [2.75, 3.05) is 7.11 Å². The Balaban J connectivity index is 2.45. The van der Waals surface area contributed by atoms with Gasteiger partial charge in [0.25, 0.3) is 0 Å². The normalized spacial score (nSPS) is 12.4. The van der Waals surface area contributed by atoms with Crippen LogP contribution in [0.4, 0.5) is 0 Å². The van der Waals surface area contributed by atoms with Crippen molar-refractivity contribution in [1.29, 1.82) is 0 Å². The highest BCUT2D eigenvalue weighted by Gasteiger charge is 2.20. The minimum absolute atomic E-state index is 0.224. The van der Waals surface area contributed by atoms with Gasteiger partial charge in [-0.25, -0.2) is 10.4 Å². The Morgan fingerprint density at radius 1 is 1.50 bits per heavy atom. The van der Waals surface area contributed by atoms with Gasteiger partial charge in [-0.1, -0.05) is 0 Å².